The number of thiophene rings is 1. The van der Waals surface area contributed by atoms with Gasteiger partial charge in [-0.25, -0.2) is 0 Å². The Balaban J connectivity index is 1.34. The second-order valence-corrected chi connectivity index (χ2v) is 10.3. The van der Waals surface area contributed by atoms with Crippen molar-refractivity contribution < 1.29 is 22.8 Å². The number of amides is 2. The third kappa shape index (κ3) is 5.07. The Morgan fingerprint density at radius 3 is 2.39 bits per heavy atom. The van der Waals surface area contributed by atoms with E-state index in [4.69, 9.17) is 0 Å². The molecule has 1 aromatic carbocycles. The Kier molecular flexibility index (Phi) is 6.32. The van der Waals surface area contributed by atoms with E-state index in [-0.39, 0.29) is 17.6 Å². The molecule has 2 N–H and O–H groups in total. The minimum absolute atomic E-state index is 0.0624. The van der Waals surface area contributed by atoms with Crippen LogP contribution >= 0.6 is 23.1 Å². The molecule has 3 saturated heterocycles. The van der Waals surface area contributed by atoms with Gasteiger partial charge in [-0.3, -0.25) is 14.5 Å². The van der Waals surface area contributed by atoms with Gasteiger partial charge in [-0.1, -0.05) is 11.8 Å². The average Bonchev–Trinajstić information content (AvgIpc) is 3.20. The standard InChI is InChI=1S/C21H22F3N3O2S2/c1-12-18(13-8-10-27(12)11-9-13)26-19(28)16-6-7-17(31-16)30-15-4-2-14(3-5-15)25-20(29)21(22,23)24/h2-7,12-13,18H,8-11H2,1H3,(H,25,29)(H,26,28)/t12-,18-/m0/s1. The van der Waals surface area contributed by atoms with Gasteiger partial charge in [0, 0.05) is 22.7 Å². The molecule has 3 aliphatic rings. The number of nitrogens with zero attached hydrogens (tertiary/aromatic N) is 1. The lowest BCUT2D eigenvalue weighted by molar-refractivity contribution is -0.167. The van der Waals surface area contributed by atoms with Crippen molar-refractivity contribution in [3.8, 4) is 0 Å². The second-order valence-electron chi connectivity index (χ2n) is 7.81. The summed E-state index contributed by atoms with van der Waals surface area (Å²) in [5.41, 5.74) is 0.0737. The summed E-state index contributed by atoms with van der Waals surface area (Å²) in [4.78, 5) is 27.6. The SMILES string of the molecule is C[C@H]1[C@H](NC(=O)c2ccc(Sc3ccc(NC(=O)C(F)(F)F)cc3)s2)C2CCN1CC2. The molecule has 166 valence electrons. The lowest BCUT2D eigenvalue weighted by atomic mass is 9.79. The van der Waals surface area contributed by atoms with Gasteiger partial charge >= 0.3 is 12.1 Å². The average molecular weight is 470 g/mol. The van der Waals surface area contributed by atoms with Gasteiger partial charge in [0.25, 0.3) is 5.91 Å². The van der Waals surface area contributed by atoms with Gasteiger partial charge < -0.3 is 10.6 Å². The Bertz CT molecular complexity index is 952. The Labute approximate surface area is 186 Å². The fraction of sp³-hybridized carbons (Fsp3) is 0.429. The summed E-state index contributed by atoms with van der Waals surface area (Å²) in [7, 11) is 0. The molecule has 4 heterocycles. The lowest BCUT2D eigenvalue weighted by Gasteiger charge is -2.49. The zero-order valence-corrected chi connectivity index (χ0v) is 18.4. The van der Waals surface area contributed by atoms with Gasteiger partial charge in [-0.15, -0.1) is 11.3 Å². The monoisotopic (exact) mass is 469 g/mol. The maximum absolute atomic E-state index is 12.8. The molecule has 31 heavy (non-hydrogen) atoms. The van der Waals surface area contributed by atoms with Gasteiger partial charge in [-0.05, 0) is 75.2 Å². The molecule has 2 atom stereocenters. The van der Waals surface area contributed by atoms with Crippen molar-refractivity contribution in [3.05, 3.63) is 41.3 Å². The molecule has 3 fully saturated rings. The molecule has 0 unspecified atom stereocenters. The van der Waals surface area contributed by atoms with E-state index < -0.39 is 12.1 Å². The van der Waals surface area contributed by atoms with E-state index >= 15 is 0 Å². The van der Waals surface area contributed by atoms with Crippen LogP contribution in [-0.2, 0) is 4.79 Å². The minimum atomic E-state index is -4.92. The summed E-state index contributed by atoms with van der Waals surface area (Å²) in [6.45, 7) is 4.39. The summed E-state index contributed by atoms with van der Waals surface area (Å²) in [5, 5.41) is 5.04. The van der Waals surface area contributed by atoms with Gasteiger partial charge in [0.15, 0.2) is 0 Å². The number of alkyl halides is 3. The van der Waals surface area contributed by atoms with Crippen LogP contribution in [0.3, 0.4) is 0 Å². The van der Waals surface area contributed by atoms with Crippen molar-refractivity contribution in [2.24, 2.45) is 5.92 Å². The summed E-state index contributed by atoms with van der Waals surface area (Å²) in [5.74, 6) is -1.53. The molecule has 0 saturated carbocycles. The summed E-state index contributed by atoms with van der Waals surface area (Å²) in [6, 6.07) is 10.3. The van der Waals surface area contributed by atoms with Crippen LogP contribution in [0.25, 0.3) is 0 Å². The van der Waals surface area contributed by atoms with E-state index in [1.807, 2.05) is 11.4 Å². The predicted octanol–water partition coefficient (Wildman–Crippen LogP) is 4.61. The molecule has 0 spiro atoms. The van der Waals surface area contributed by atoms with E-state index in [2.05, 4.69) is 17.1 Å². The van der Waals surface area contributed by atoms with E-state index in [9.17, 15) is 22.8 Å². The van der Waals surface area contributed by atoms with Crippen LogP contribution in [0.1, 0.15) is 29.4 Å². The molecule has 0 radical (unpaired) electrons. The highest BCUT2D eigenvalue weighted by atomic mass is 32.2. The fourth-order valence-corrected chi connectivity index (χ4v) is 6.20. The second kappa shape index (κ2) is 8.84. The first kappa shape index (κ1) is 22.2. The Morgan fingerprint density at radius 2 is 1.77 bits per heavy atom. The number of carbonyl (C=O) groups excluding carboxylic acids is 2. The largest absolute Gasteiger partial charge is 0.471 e. The first-order chi connectivity index (χ1) is 14.7. The maximum Gasteiger partial charge on any atom is 0.471 e. The first-order valence-corrected chi connectivity index (χ1v) is 11.6. The number of nitrogens with one attached hydrogen (secondary N) is 2. The molecular formula is C21H22F3N3O2S2. The number of anilines is 1. The zero-order valence-electron chi connectivity index (χ0n) is 16.7. The highest BCUT2D eigenvalue weighted by Crippen LogP contribution is 2.35. The Morgan fingerprint density at radius 1 is 1.10 bits per heavy atom. The molecule has 5 rings (SSSR count). The molecule has 10 heteroatoms. The van der Waals surface area contributed by atoms with E-state index in [0.29, 0.717) is 16.8 Å². The highest BCUT2D eigenvalue weighted by Gasteiger charge is 2.40. The topological polar surface area (TPSA) is 61.4 Å². The quantitative estimate of drug-likeness (QED) is 0.671. The van der Waals surface area contributed by atoms with Gasteiger partial charge in [0.1, 0.15) is 0 Å². The maximum atomic E-state index is 12.8. The van der Waals surface area contributed by atoms with Crippen LogP contribution in [-0.4, -0.2) is 48.1 Å². The number of benzene rings is 1. The third-order valence-corrected chi connectivity index (χ3v) is 8.09. The third-order valence-electron chi connectivity index (χ3n) is 5.87. The summed E-state index contributed by atoms with van der Waals surface area (Å²) in [6.07, 6.45) is -2.67. The highest BCUT2D eigenvalue weighted by molar-refractivity contribution is 8.01. The van der Waals surface area contributed by atoms with Crippen molar-refractivity contribution in [1.82, 2.24) is 10.2 Å². The number of rotatable bonds is 5. The lowest BCUT2D eigenvalue weighted by Crippen LogP contribution is -2.62. The van der Waals surface area contributed by atoms with Crippen molar-refractivity contribution in [2.45, 2.75) is 47.1 Å². The molecule has 5 nitrogen and oxygen atoms in total. The van der Waals surface area contributed by atoms with Gasteiger partial charge in [0.2, 0.25) is 0 Å². The summed E-state index contributed by atoms with van der Waals surface area (Å²) < 4.78 is 37.9. The number of fused-ring (bicyclic) bond motifs is 3. The van der Waals surface area contributed by atoms with Crippen molar-refractivity contribution in [2.75, 3.05) is 18.4 Å². The molecular weight excluding hydrogens is 447 g/mol. The molecule has 0 aliphatic carbocycles. The minimum Gasteiger partial charge on any atom is -0.347 e. The molecule has 3 aliphatic heterocycles. The first-order valence-electron chi connectivity index (χ1n) is 10.0. The van der Waals surface area contributed by atoms with E-state index in [1.165, 1.54) is 35.2 Å². The molecule has 2 amide bonds. The van der Waals surface area contributed by atoms with E-state index in [0.717, 1.165) is 35.0 Å². The summed E-state index contributed by atoms with van der Waals surface area (Å²) >= 11 is 2.80. The molecule has 1 aromatic heterocycles. The smallest absolute Gasteiger partial charge is 0.347 e. The van der Waals surface area contributed by atoms with Crippen LogP contribution < -0.4 is 10.6 Å². The zero-order chi connectivity index (χ0) is 22.2. The number of hydrogen-bond acceptors (Lipinski definition) is 5. The van der Waals surface area contributed by atoms with Crippen LogP contribution in [0.15, 0.2) is 45.5 Å². The number of hydrogen-bond donors (Lipinski definition) is 2. The predicted molar refractivity (Wildman–Crippen MR) is 115 cm³/mol. The van der Waals surface area contributed by atoms with Crippen LogP contribution in [0.5, 0.6) is 0 Å². The number of halogens is 3. The van der Waals surface area contributed by atoms with Crippen LogP contribution in [0.2, 0.25) is 0 Å². The van der Waals surface area contributed by atoms with Crippen LogP contribution in [0.4, 0.5) is 18.9 Å². The normalized spacial score (nSPS) is 25.3. The van der Waals surface area contributed by atoms with Crippen LogP contribution in [0, 0.1) is 5.92 Å². The molecule has 2 bridgehead atoms. The van der Waals surface area contributed by atoms with E-state index in [1.54, 1.807) is 18.2 Å². The van der Waals surface area contributed by atoms with Gasteiger partial charge in [0.05, 0.1) is 9.09 Å². The molecule has 2 aromatic rings. The number of piperidine rings is 3. The van der Waals surface area contributed by atoms with Gasteiger partial charge in [-0.2, -0.15) is 13.2 Å². The van der Waals surface area contributed by atoms with Crippen molar-refractivity contribution in [1.29, 1.82) is 0 Å². The van der Waals surface area contributed by atoms with Crippen molar-refractivity contribution >= 4 is 40.6 Å². The number of carbonyl (C=O) groups is 2. The fourth-order valence-electron chi connectivity index (χ4n) is 4.19. The van der Waals surface area contributed by atoms with Crippen molar-refractivity contribution in [3.63, 3.8) is 0 Å². The Hall–Kier alpha value is -2.04.